The van der Waals surface area contributed by atoms with E-state index in [1.54, 1.807) is 47.8 Å². The summed E-state index contributed by atoms with van der Waals surface area (Å²) in [5, 5.41) is 6.50. The Kier molecular flexibility index (Phi) is 11.0. The zero-order valence-electron chi connectivity index (χ0n) is 25.5. The van der Waals surface area contributed by atoms with Gasteiger partial charge in [0.25, 0.3) is 5.91 Å². The molecule has 1 amide bonds. The molecule has 0 radical (unpaired) electrons. The molecule has 12 heteroatoms. The third-order valence-electron chi connectivity index (χ3n) is 8.77. The van der Waals surface area contributed by atoms with E-state index in [0.717, 1.165) is 62.7 Å². The summed E-state index contributed by atoms with van der Waals surface area (Å²) in [6, 6.07) is 19.6. The molecule has 45 heavy (non-hydrogen) atoms. The number of rotatable bonds is 12. The van der Waals surface area contributed by atoms with Gasteiger partial charge < -0.3 is 10.6 Å². The first kappa shape index (κ1) is 33.6. The molecule has 0 bridgehead atoms. The van der Waals surface area contributed by atoms with Crippen molar-refractivity contribution < 1.29 is 21.6 Å². The van der Waals surface area contributed by atoms with Gasteiger partial charge in [0, 0.05) is 43.3 Å². The second-order valence-corrected chi connectivity index (χ2v) is 16.1. The maximum absolute atomic E-state index is 14.1. The van der Waals surface area contributed by atoms with E-state index < -0.39 is 20.0 Å². The number of sulfonamides is 2. The summed E-state index contributed by atoms with van der Waals surface area (Å²) in [5.41, 5.74) is 2.09. The molecule has 9 nitrogen and oxygen atoms in total. The third kappa shape index (κ3) is 8.14. The molecule has 2 fully saturated rings. The number of halogens is 1. The Morgan fingerprint density at radius 1 is 0.778 bits per heavy atom. The van der Waals surface area contributed by atoms with Crippen LogP contribution >= 0.6 is 11.6 Å². The Morgan fingerprint density at radius 2 is 1.31 bits per heavy atom. The van der Waals surface area contributed by atoms with Crippen LogP contribution in [0, 0.1) is 5.92 Å². The zero-order valence-corrected chi connectivity index (χ0v) is 27.9. The Morgan fingerprint density at radius 3 is 1.89 bits per heavy atom. The summed E-state index contributed by atoms with van der Waals surface area (Å²) in [7, 11) is -6.31. The van der Waals surface area contributed by atoms with Gasteiger partial charge in [0.2, 0.25) is 20.0 Å². The molecule has 242 valence electrons. The van der Waals surface area contributed by atoms with Crippen molar-refractivity contribution in [3.8, 4) is 0 Å². The second-order valence-electron chi connectivity index (χ2n) is 11.9. The van der Waals surface area contributed by atoms with Crippen molar-refractivity contribution >= 4 is 37.6 Å². The summed E-state index contributed by atoms with van der Waals surface area (Å²) in [5.74, 6) is -0.0194. The Hall–Kier alpha value is -2.80. The number of benzene rings is 3. The van der Waals surface area contributed by atoms with Crippen LogP contribution in [0.5, 0.6) is 0 Å². The molecule has 0 spiro atoms. The minimum absolute atomic E-state index is 0.0440. The van der Waals surface area contributed by atoms with E-state index in [9.17, 15) is 21.6 Å². The van der Waals surface area contributed by atoms with Gasteiger partial charge in [0.15, 0.2) is 0 Å². The minimum Gasteiger partial charge on any atom is -0.355 e. The molecule has 3 aromatic rings. The van der Waals surface area contributed by atoms with Crippen LogP contribution in [0.25, 0.3) is 0 Å². The van der Waals surface area contributed by atoms with Gasteiger partial charge in [-0.25, -0.2) is 16.8 Å². The highest BCUT2D eigenvalue weighted by Crippen LogP contribution is 2.32. The summed E-state index contributed by atoms with van der Waals surface area (Å²) in [6.07, 6.45) is 5.24. The molecule has 2 N–H and O–H groups in total. The molecule has 0 aromatic heterocycles. The first-order chi connectivity index (χ1) is 21.6. The highest BCUT2D eigenvalue weighted by Gasteiger charge is 2.34. The molecule has 2 aliphatic rings. The summed E-state index contributed by atoms with van der Waals surface area (Å²) in [4.78, 5) is 12.1. The monoisotopic (exact) mass is 672 g/mol. The van der Waals surface area contributed by atoms with Gasteiger partial charge in [-0.1, -0.05) is 48.7 Å². The highest BCUT2D eigenvalue weighted by atomic mass is 35.5. The third-order valence-corrected chi connectivity index (χ3v) is 12.8. The number of amides is 1. The maximum Gasteiger partial charge on any atom is 0.251 e. The van der Waals surface area contributed by atoms with Crippen molar-refractivity contribution in [2.75, 3.05) is 26.7 Å². The highest BCUT2D eigenvalue weighted by molar-refractivity contribution is 7.89. The van der Waals surface area contributed by atoms with Crippen molar-refractivity contribution in [3.05, 3.63) is 94.5 Å². The number of nitrogens with zero attached hydrogens (tertiary/aromatic N) is 2. The molecule has 1 heterocycles. The van der Waals surface area contributed by atoms with Gasteiger partial charge >= 0.3 is 0 Å². The number of hydrogen-bond acceptors (Lipinski definition) is 6. The van der Waals surface area contributed by atoms with Crippen LogP contribution in [0.4, 0.5) is 0 Å². The number of carbonyl (C=O) groups is 1. The molecule has 1 aliphatic heterocycles. The lowest BCUT2D eigenvalue weighted by molar-refractivity contribution is 0.0963. The molecular formula is C33H41ClN4O5S2. The maximum atomic E-state index is 14.1. The van der Waals surface area contributed by atoms with Crippen LogP contribution in [-0.2, 0) is 33.1 Å². The predicted octanol–water partition coefficient (Wildman–Crippen LogP) is 5.02. The van der Waals surface area contributed by atoms with Crippen molar-refractivity contribution in [1.29, 1.82) is 0 Å². The molecular weight excluding hydrogens is 632 g/mol. The molecule has 0 unspecified atom stereocenters. The summed E-state index contributed by atoms with van der Waals surface area (Å²) >= 11 is 6.06. The number of hydrogen-bond donors (Lipinski definition) is 2. The van der Waals surface area contributed by atoms with Gasteiger partial charge in [0.1, 0.15) is 0 Å². The fraction of sp³-hybridized carbons (Fsp3) is 0.424. The average molecular weight is 673 g/mol. The van der Waals surface area contributed by atoms with Crippen LogP contribution in [-0.4, -0.2) is 64.1 Å². The summed E-state index contributed by atoms with van der Waals surface area (Å²) in [6.45, 7) is 2.36. The number of piperidine rings is 1. The quantitative estimate of drug-likeness (QED) is 0.279. The van der Waals surface area contributed by atoms with Gasteiger partial charge in [-0.3, -0.25) is 4.79 Å². The molecule has 1 aliphatic carbocycles. The minimum atomic E-state index is -3.97. The Bertz CT molecular complexity index is 1650. The van der Waals surface area contributed by atoms with Crippen LogP contribution in [0.1, 0.15) is 60.0 Å². The van der Waals surface area contributed by atoms with E-state index in [4.69, 9.17) is 11.6 Å². The Labute approximate surface area is 272 Å². The Balaban J connectivity index is 1.41. The largest absolute Gasteiger partial charge is 0.355 e. The lowest BCUT2D eigenvalue weighted by atomic mass is 9.98. The van der Waals surface area contributed by atoms with Gasteiger partial charge in [0.05, 0.1) is 9.79 Å². The van der Waals surface area contributed by atoms with Crippen molar-refractivity contribution in [3.63, 3.8) is 0 Å². The van der Waals surface area contributed by atoms with Crippen molar-refractivity contribution in [2.45, 2.75) is 67.4 Å². The van der Waals surface area contributed by atoms with Gasteiger partial charge in [-0.2, -0.15) is 8.61 Å². The zero-order chi connectivity index (χ0) is 32.0. The standard InChI is InChI=1S/C33H41ClN4O5S2/c1-35-33(39)28-10-6-25(7-11-28)22-37(23-27-18-20-36-21-19-27)44(40,41)31-14-16-32(17-15-31)45(42,43)38(30-4-2-3-5-30)24-26-8-12-29(34)13-9-26/h6-17,27,30,36H,2-5,18-24H2,1H3,(H,35,39). The lowest BCUT2D eigenvalue weighted by Gasteiger charge is -2.30. The SMILES string of the molecule is CNC(=O)c1ccc(CN(CC2CCNCC2)S(=O)(=O)c2ccc(S(=O)(=O)N(Cc3ccc(Cl)cc3)C3CCCC3)cc2)cc1. The summed E-state index contributed by atoms with van der Waals surface area (Å²) < 4.78 is 59.2. The normalized spacial score (nSPS) is 16.8. The van der Waals surface area contributed by atoms with E-state index in [-0.39, 0.29) is 40.7 Å². The first-order valence-electron chi connectivity index (χ1n) is 15.5. The lowest BCUT2D eigenvalue weighted by Crippen LogP contribution is -2.39. The van der Waals surface area contributed by atoms with E-state index in [1.165, 1.54) is 28.6 Å². The molecule has 0 atom stereocenters. The van der Waals surface area contributed by atoms with Crippen LogP contribution in [0.15, 0.2) is 82.6 Å². The number of carbonyl (C=O) groups excluding carboxylic acids is 1. The molecule has 5 rings (SSSR count). The van der Waals surface area contributed by atoms with E-state index in [0.29, 0.717) is 17.1 Å². The van der Waals surface area contributed by atoms with Crippen LogP contribution < -0.4 is 10.6 Å². The molecule has 3 aromatic carbocycles. The smallest absolute Gasteiger partial charge is 0.251 e. The van der Waals surface area contributed by atoms with E-state index in [1.807, 2.05) is 12.1 Å². The van der Waals surface area contributed by atoms with Crippen LogP contribution in [0.3, 0.4) is 0 Å². The fourth-order valence-corrected chi connectivity index (χ4v) is 9.45. The number of nitrogens with one attached hydrogen (secondary N) is 2. The molecule has 1 saturated carbocycles. The van der Waals surface area contributed by atoms with E-state index >= 15 is 0 Å². The van der Waals surface area contributed by atoms with Crippen molar-refractivity contribution in [1.82, 2.24) is 19.2 Å². The fourth-order valence-electron chi connectivity index (χ4n) is 6.15. The second kappa shape index (κ2) is 14.7. The van der Waals surface area contributed by atoms with Gasteiger partial charge in [-0.05, 0) is 104 Å². The first-order valence-corrected chi connectivity index (χ1v) is 18.7. The topological polar surface area (TPSA) is 116 Å². The predicted molar refractivity (Wildman–Crippen MR) is 176 cm³/mol. The van der Waals surface area contributed by atoms with Crippen LogP contribution in [0.2, 0.25) is 5.02 Å². The average Bonchev–Trinajstić information content (AvgIpc) is 3.59. The van der Waals surface area contributed by atoms with Gasteiger partial charge in [-0.15, -0.1) is 0 Å². The van der Waals surface area contributed by atoms with Crippen molar-refractivity contribution in [2.24, 2.45) is 5.92 Å². The van der Waals surface area contributed by atoms with E-state index in [2.05, 4.69) is 10.6 Å². The molecule has 1 saturated heterocycles.